The van der Waals surface area contributed by atoms with Crippen LogP contribution in [0.2, 0.25) is 0 Å². The summed E-state index contributed by atoms with van der Waals surface area (Å²) in [6.45, 7) is 0. The van der Waals surface area contributed by atoms with Crippen LogP contribution in [0.5, 0.6) is 0 Å². The topological polar surface area (TPSA) is 88.0 Å². The van der Waals surface area contributed by atoms with Gasteiger partial charge >= 0.3 is 5.56 Å². The molecule has 0 aliphatic heterocycles. The molecule has 1 aromatic heterocycles. The van der Waals surface area contributed by atoms with E-state index in [1.807, 2.05) is 11.2 Å². The normalized spacial score (nSPS) is 9.87. The molecule has 0 atom stereocenters. The number of para-hydroxylation sites is 1. The Morgan fingerprint density at radius 2 is 2.07 bits per heavy atom. The second-order valence-corrected chi connectivity index (χ2v) is 2.78. The lowest BCUT2D eigenvalue weighted by atomic mass is 10.3. The number of aromatic nitrogens is 2. The first-order valence-electron chi connectivity index (χ1n) is 4.18. The summed E-state index contributed by atoms with van der Waals surface area (Å²) in [6, 6.07) is 8.75. The average molecular weight is 205 g/mol. The first kappa shape index (κ1) is 9.20. The molecule has 0 saturated heterocycles. The van der Waals surface area contributed by atoms with Gasteiger partial charge in [0, 0.05) is 5.69 Å². The SMILES string of the molecule is O=C(Nc1ccccc1)c1no[nH]c1=O. The monoisotopic (exact) mass is 205 g/mol. The van der Waals surface area contributed by atoms with Gasteiger partial charge in [0.1, 0.15) is 0 Å². The van der Waals surface area contributed by atoms with E-state index in [1.54, 1.807) is 24.3 Å². The highest BCUT2D eigenvalue weighted by molar-refractivity contribution is 6.02. The standard InChI is InChI=1S/C9H7N3O3/c13-8(7-9(14)12-15-11-7)10-6-4-2-1-3-5-6/h1-5H,(H,10,13)(H,12,14). The van der Waals surface area contributed by atoms with E-state index in [4.69, 9.17) is 0 Å². The highest BCUT2D eigenvalue weighted by Gasteiger charge is 2.14. The lowest BCUT2D eigenvalue weighted by molar-refractivity contribution is 0.101. The molecule has 0 saturated carbocycles. The van der Waals surface area contributed by atoms with Crippen molar-refractivity contribution in [3.8, 4) is 0 Å². The van der Waals surface area contributed by atoms with Gasteiger partial charge in [0.15, 0.2) is 0 Å². The van der Waals surface area contributed by atoms with Crippen LogP contribution in [0.1, 0.15) is 10.5 Å². The molecular weight excluding hydrogens is 198 g/mol. The van der Waals surface area contributed by atoms with Crippen LogP contribution in [0.25, 0.3) is 0 Å². The first-order chi connectivity index (χ1) is 7.27. The number of H-pyrrole nitrogens is 1. The van der Waals surface area contributed by atoms with Crippen LogP contribution in [0.4, 0.5) is 5.69 Å². The largest absolute Gasteiger partial charge is 0.320 e. The van der Waals surface area contributed by atoms with Gasteiger partial charge in [-0.25, -0.2) is 0 Å². The van der Waals surface area contributed by atoms with Crippen molar-refractivity contribution in [1.29, 1.82) is 0 Å². The quantitative estimate of drug-likeness (QED) is 0.752. The molecule has 76 valence electrons. The minimum atomic E-state index is -0.650. The molecule has 1 aromatic carbocycles. The summed E-state index contributed by atoms with van der Waals surface area (Å²) in [4.78, 5) is 22.4. The van der Waals surface area contributed by atoms with Gasteiger partial charge in [0.05, 0.1) is 0 Å². The van der Waals surface area contributed by atoms with Crippen molar-refractivity contribution >= 4 is 11.6 Å². The minimum Gasteiger partial charge on any atom is -0.320 e. The van der Waals surface area contributed by atoms with E-state index in [2.05, 4.69) is 15.1 Å². The fourth-order valence-electron chi connectivity index (χ4n) is 1.06. The summed E-state index contributed by atoms with van der Waals surface area (Å²) in [6.07, 6.45) is 0. The fourth-order valence-corrected chi connectivity index (χ4v) is 1.06. The molecule has 0 radical (unpaired) electrons. The average Bonchev–Trinajstić information content (AvgIpc) is 2.66. The maximum absolute atomic E-state index is 11.4. The first-order valence-corrected chi connectivity index (χ1v) is 4.18. The van der Waals surface area contributed by atoms with Crippen LogP contribution < -0.4 is 10.9 Å². The molecule has 0 spiro atoms. The van der Waals surface area contributed by atoms with E-state index in [1.165, 1.54) is 0 Å². The molecule has 2 N–H and O–H groups in total. The Kier molecular flexibility index (Phi) is 2.32. The Morgan fingerprint density at radius 1 is 1.33 bits per heavy atom. The van der Waals surface area contributed by atoms with Crippen LogP contribution in [-0.2, 0) is 0 Å². The number of aromatic amines is 1. The van der Waals surface area contributed by atoms with Crippen LogP contribution in [0.3, 0.4) is 0 Å². The lowest BCUT2D eigenvalue weighted by Gasteiger charge is -1.99. The molecule has 0 unspecified atom stereocenters. The number of nitrogens with zero attached hydrogens (tertiary/aromatic N) is 1. The number of anilines is 1. The van der Waals surface area contributed by atoms with Crippen molar-refractivity contribution in [3.05, 3.63) is 46.4 Å². The molecule has 6 nitrogen and oxygen atoms in total. The Labute approximate surface area is 83.9 Å². The molecule has 0 aliphatic rings. The predicted octanol–water partition coefficient (Wildman–Crippen LogP) is 0.615. The number of amides is 1. The molecule has 15 heavy (non-hydrogen) atoms. The van der Waals surface area contributed by atoms with E-state index in [0.717, 1.165) is 0 Å². The zero-order valence-corrected chi connectivity index (χ0v) is 7.56. The van der Waals surface area contributed by atoms with Crippen LogP contribution >= 0.6 is 0 Å². The van der Waals surface area contributed by atoms with E-state index in [9.17, 15) is 9.59 Å². The van der Waals surface area contributed by atoms with E-state index < -0.39 is 11.5 Å². The number of benzene rings is 1. The third kappa shape index (κ3) is 1.93. The van der Waals surface area contributed by atoms with Crippen molar-refractivity contribution in [3.63, 3.8) is 0 Å². The van der Waals surface area contributed by atoms with Gasteiger partial charge in [0.2, 0.25) is 5.69 Å². The molecule has 6 heteroatoms. The van der Waals surface area contributed by atoms with E-state index >= 15 is 0 Å². The number of hydrogen-bond acceptors (Lipinski definition) is 4. The summed E-state index contributed by atoms with van der Waals surface area (Å²) >= 11 is 0. The number of carbonyl (C=O) groups excluding carboxylic acids is 1. The second-order valence-electron chi connectivity index (χ2n) is 2.78. The maximum Gasteiger partial charge on any atom is 0.313 e. The van der Waals surface area contributed by atoms with Gasteiger partial charge in [-0.1, -0.05) is 18.2 Å². The maximum atomic E-state index is 11.4. The summed E-state index contributed by atoms with van der Waals surface area (Å²) in [7, 11) is 0. The van der Waals surface area contributed by atoms with Crippen LogP contribution in [0, 0.1) is 0 Å². The second kappa shape index (κ2) is 3.79. The van der Waals surface area contributed by atoms with Crippen LogP contribution in [-0.4, -0.2) is 16.2 Å². The summed E-state index contributed by atoms with van der Waals surface area (Å²) in [5, 5.41) is 7.69. The predicted molar refractivity (Wildman–Crippen MR) is 51.5 cm³/mol. The van der Waals surface area contributed by atoms with Crippen molar-refractivity contribution in [1.82, 2.24) is 10.3 Å². The minimum absolute atomic E-state index is 0.293. The lowest BCUT2D eigenvalue weighted by Crippen LogP contribution is -2.20. The van der Waals surface area contributed by atoms with Gasteiger partial charge in [-0.05, 0) is 17.3 Å². The summed E-state index contributed by atoms with van der Waals surface area (Å²) in [5.41, 5.74) is -0.354. The summed E-state index contributed by atoms with van der Waals surface area (Å²) < 4.78 is 4.26. The number of hydrogen-bond donors (Lipinski definition) is 2. The van der Waals surface area contributed by atoms with E-state index in [0.29, 0.717) is 5.69 Å². The molecule has 1 amide bonds. The molecule has 2 aromatic rings. The van der Waals surface area contributed by atoms with Crippen molar-refractivity contribution in [2.24, 2.45) is 0 Å². The Morgan fingerprint density at radius 3 is 2.67 bits per heavy atom. The molecule has 1 heterocycles. The Bertz CT molecular complexity index is 515. The van der Waals surface area contributed by atoms with Gasteiger partial charge in [-0.2, -0.15) is 5.16 Å². The number of nitrogens with one attached hydrogen (secondary N) is 2. The van der Waals surface area contributed by atoms with E-state index in [-0.39, 0.29) is 5.69 Å². The third-order valence-electron chi connectivity index (χ3n) is 1.74. The molecule has 0 aliphatic carbocycles. The van der Waals surface area contributed by atoms with Gasteiger partial charge in [0.25, 0.3) is 5.91 Å². The zero-order valence-electron chi connectivity index (χ0n) is 7.56. The Hall–Kier alpha value is -2.37. The molecular formula is C9H7N3O3. The highest BCUT2D eigenvalue weighted by Crippen LogP contribution is 2.05. The molecule has 0 bridgehead atoms. The number of carbonyl (C=O) groups is 1. The fraction of sp³-hybridized carbons (Fsp3) is 0. The Balaban J connectivity index is 2.18. The molecule has 2 rings (SSSR count). The third-order valence-corrected chi connectivity index (χ3v) is 1.74. The molecule has 0 fully saturated rings. The zero-order chi connectivity index (χ0) is 10.7. The van der Waals surface area contributed by atoms with Gasteiger partial charge in [-0.3, -0.25) is 14.2 Å². The number of rotatable bonds is 2. The van der Waals surface area contributed by atoms with Crippen molar-refractivity contribution in [2.75, 3.05) is 5.32 Å². The highest BCUT2D eigenvalue weighted by atomic mass is 16.6. The van der Waals surface area contributed by atoms with Gasteiger partial charge in [-0.15, -0.1) is 0 Å². The smallest absolute Gasteiger partial charge is 0.313 e. The van der Waals surface area contributed by atoms with Crippen LogP contribution in [0.15, 0.2) is 39.8 Å². The summed E-state index contributed by atoms with van der Waals surface area (Å²) in [5.74, 6) is -0.601. The van der Waals surface area contributed by atoms with Gasteiger partial charge < -0.3 is 5.32 Å². The van der Waals surface area contributed by atoms with Crippen molar-refractivity contribution in [2.45, 2.75) is 0 Å². The van der Waals surface area contributed by atoms with Crippen molar-refractivity contribution < 1.29 is 9.42 Å².